The Bertz CT molecular complexity index is 780. The molecule has 4 rings (SSSR count). The number of benzene rings is 2. The van der Waals surface area contributed by atoms with Crippen molar-refractivity contribution in [2.45, 2.75) is 25.0 Å². The van der Waals surface area contributed by atoms with Crippen molar-refractivity contribution < 1.29 is 19.3 Å². The van der Waals surface area contributed by atoms with Crippen LogP contribution < -0.4 is 9.47 Å². The van der Waals surface area contributed by atoms with Gasteiger partial charge in [0.05, 0.1) is 13.2 Å². The molecule has 6 heteroatoms. The molecule has 0 amide bonds. The van der Waals surface area contributed by atoms with E-state index in [1.807, 2.05) is 42.5 Å². The van der Waals surface area contributed by atoms with Gasteiger partial charge in [-0.25, -0.2) is 0 Å². The fourth-order valence-electron chi connectivity index (χ4n) is 4.26. The highest BCUT2D eigenvalue weighted by Gasteiger charge is 2.34. The number of hydrogen-bond donors (Lipinski definition) is 1. The van der Waals surface area contributed by atoms with Crippen LogP contribution in [-0.2, 0) is 11.3 Å². The predicted octanol–water partition coefficient (Wildman–Crippen LogP) is 2.80. The molecule has 0 unspecified atom stereocenters. The molecule has 168 valence electrons. The van der Waals surface area contributed by atoms with Crippen molar-refractivity contribution in [2.75, 3.05) is 59.2 Å². The molecule has 2 fully saturated rings. The minimum absolute atomic E-state index is 0.323. The minimum atomic E-state index is -0.809. The summed E-state index contributed by atoms with van der Waals surface area (Å²) in [5, 5.41) is 11.0. The largest absolute Gasteiger partial charge is 0.492 e. The monoisotopic (exact) mass is 426 g/mol. The van der Waals surface area contributed by atoms with Crippen LogP contribution in [0, 0.1) is 0 Å². The zero-order valence-corrected chi connectivity index (χ0v) is 18.2. The molecule has 2 aromatic rings. The van der Waals surface area contributed by atoms with E-state index in [1.165, 1.54) is 5.56 Å². The van der Waals surface area contributed by atoms with E-state index in [1.54, 1.807) is 0 Å². The Morgan fingerprint density at radius 2 is 1.61 bits per heavy atom. The normalized spacial score (nSPS) is 22.9. The molecule has 0 spiro atoms. The Morgan fingerprint density at radius 1 is 0.871 bits per heavy atom. The Labute approximate surface area is 185 Å². The van der Waals surface area contributed by atoms with E-state index >= 15 is 0 Å². The first-order chi connectivity index (χ1) is 15.2. The van der Waals surface area contributed by atoms with E-state index in [0.29, 0.717) is 19.8 Å². The summed E-state index contributed by atoms with van der Waals surface area (Å²) in [6.07, 6.45) is 1.74. The van der Waals surface area contributed by atoms with Crippen LogP contribution in [-0.4, -0.2) is 79.7 Å². The van der Waals surface area contributed by atoms with E-state index in [-0.39, 0.29) is 0 Å². The fourth-order valence-corrected chi connectivity index (χ4v) is 4.26. The van der Waals surface area contributed by atoms with Crippen molar-refractivity contribution in [1.29, 1.82) is 0 Å². The van der Waals surface area contributed by atoms with Gasteiger partial charge in [0.1, 0.15) is 30.3 Å². The third-order valence-corrected chi connectivity index (χ3v) is 5.99. The topological polar surface area (TPSA) is 54.4 Å². The zero-order chi connectivity index (χ0) is 21.4. The molecule has 31 heavy (non-hydrogen) atoms. The van der Waals surface area contributed by atoms with Gasteiger partial charge in [-0.1, -0.05) is 30.3 Å². The molecular weight excluding hydrogens is 392 g/mol. The second-order valence-corrected chi connectivity index (χ2v) is 8.59. The highest BCUT2D eigenvalue weighted by molar-refractivity contribution is 5.27. The number of β-amino-alcohol motifs (C(OH)–C–C–N with tert-alkyl or cyclic N) is 1. The van der Waals surface area contributed by atoms with Crippen LogP contribution in [0.2, 0.25) is 0 Å². The second kappa shape index (κ2) is 11.0. The minimum Gasteiger partial charge on any atom is -0.492 e. The first-order valence-corrected chi connectivity index (χ1v) is 11.3. The molecule has 2 saturated heterocycles. The first-order valence-electron chi connectivity index (χ1n) is 11.3. The molecular formula is C25H34N2O4. The van der Waals surface area contributed by atoms with Crippen molar-refractivity contribution in [3.8, 4) is 11.5 Å². The van der Waals surface area contributed by atoms with Crippen LogP contribution in [0.4, 0.5) is 0 Å². The lowest BCUT2D eigenvalue weighted by atomic mass is 9.93. The number of aliphatic hydroxyl groups is 1. The maximum atomic E-state index is 11.0. The van der Waals surface area contributed by atoms with Crippen molar-refractivity contribution in [2.24, 2.45) is 0 Å². The van der Waals surface area contributed by atoms with E-state index in [2.05, 4.69) is 21.9 Å². The van der Waals surface area contributed by atoms with Crippen molar-refractivity contribution >= 4 is 0 Å². The number of para-hydroxylation sites is 1. The van der Waals surface area contributed by atoms with Gasteiger partial charge in [0.25, 0.3) is 0 Å². The van der Waals surface area contributed by atoms with Crippen LogP contribution in [0.25, 0.3) is 0 Å². The first kappa shape index (κ1) is 22.1. The summed E-state index contributed by atoms with van der Waals surface area (Å²) >= 11 is 0. The molecule has 2 heterocycles. The summed E-state index contributed by atoms with van der Waals surface area (Å²) in [7, 11) is 0. The molecule has 0 radical (unpaired) electrons. The van der Waals surface area contributed by atoms with Crippen LogP contribution >= 0.6 is 0 Å². The van der Waals surface area contributed by atoms with Crippen LogP contribution in [0.5, 0.6) is 11.5 Å². The number of piperidine rings is 1. The van der Waals surface area contributed by atoms with Gasteiger partial charge in [-0.15, -0.1) is 0 Å². The van der Waals surface area contributed by atoms with Crippen LogP contribution in [0.1, 0.15) is 18.4 Å². The lowest BCUT2D eigenvalue weighted by molar-refractivity contribution is -0.0621. The van der Waals surface area contributed by atoms with Gasteiger partial charge in [-0.3, -0.25) is 9.80 Å². The Hall–Kier alpha value is -2.12. The summed E-state index contributed by atoms with van der Waals surface area (Å²) in [6, 6.07) is 18.0. The van der Waals surface area contributed by atoms with Gasteiger partial charge in [-0.05, 0) is 49.2 Å². The highest BCUT2D eigenvalue weighted by atomic mass is 16.5. The fraction of sp³-hybridized carbons (Fsp3) is 0.520. The van der Waals surface area contributed by atoms with Gasteiger partial charge in [0, 0.05) is 32.7 Å². The molecule has 0 aliphatic carbocycles. The predicted molar refractivity (Wildman–Crippen MR) is 121 cm³/mol. The summed E-state index contributed by atoms with van der Waals surface area (Å²) < 4.78 is 17.1. The van der Waals surface area contributed by atoms with E-state index in [0.717, 1.165) is 70.3 Å². The second-order valence-electron chi connectivity index (χ2n) is 8.59. The maximum absolute atomic E-state index is 11.0. The lowest BCUT2D eigenvalue weighted by Crippen LogP contribution is -2.51. The average molecular weight is 427 g/mol. The lowest BCUT2D eigenvalue weighted by Gasteiger charge is -2.39. The van der Waals surface area contributed by atoms with Gasteiger partial charge in [-0.2, -0.15) is 0 Å². The summed E-state index contributed by atoms with van der Waals surface area (Å²) in [6.45, 7) is 8.00. The van der Waals surface area contributed by atoms with E-state index in [4.69, 9.17) is 14.2 Å². The Morgan fingerprint density at radius 3 is 2.39 bits per heavy atom. The molecule has 0 bridgehead atoms. The zero-order valence-electron chi connectivity index (χ0n) is 18.2. The van der Waals surface area contributed by atoms with Gasteiger partial charge in [0.2, 0.25) is 0 Å². The molecule has 0 aromatic heterocycles. The standard InChI is InChI=1S/C25H34N2O4/c28-25(21-31-23-5-2-1-3-6-23)11-4-12-27(20-25)19-22-7-9-24(10-8-22)30-18-15-26-13-16-29-17-14-26/h1-3,5-10,28H,4,11-21H2/t25-/m0/s1. The number of rotatable bonds is 9. The third kappa shape index (κ3) is 6.94. The number of likely N-dealkylation sites (tertiary alicyclic amines) is 1. The number of morpholine rings is 1. The molecule has 2 aromatic carbocycles. The Balaban J connectivity index is 1.21. The van der Waals surface area contributed by atoms with Crippen molar-refractivity contribution in [3.63, 3.8) is 0 Å². The third-order valence-electron chi connectivity index (χ3n) is 5.99. The van der Waals surface area contributed by atoms with Gasteiger partial charge in [0.15, 0.2) is 0 Å². The molecule has 1 atom stereocenters. The van der Waals surface area contributed by atoms with Crippen LogP contribution in [0.3, 0.4) is 0 Å². The number of hydrogen-bond acceptors (Lipinski definition) is 6. The number of ether oxygens (including phenoxy) is 3. The number of nitrogens with zero attached hydrogens (tertiary/aromatic N) is 2. The highest BCUT2D eigenvalue weighted by Crippen LogP contribution is 2.24. The molecule has 1 N–H and O–H groups in total. The van der Waals surface area contributed by atoms with Crippen LogP contribution in [0.15, 0.2) is 54.6 Å². The molecule has 2 aliphatic rings. The summed E-state index contributed by atoms with van der Waals surface area (Å²) in [5.41, 5.74) is 0.421. The van der Waals surface area contributed by atoms with Crippen molar-refractivity contribution in [3.05, 3.63) is 60.2 Å². The molecule has 2 aliphatic heterocycles. The maximum Gasteiger partial charge on any atom is 0.119 e. The quantitative estimate of drug-likeness (QED) is 0.666. The van der Waals surface area contributed by atoms with E-state index in [9.17, 15) is 5.11 Å². The van der Waals surface area contributed by atoms with Gasteiger partial charge >= 0.3 is 0 Å². The SMILES string of the molecule is O[C@@]1(COc2ccccc2)CCCN(Cc2ccc(OCCN3CCOCC3)cc2)C1. The smallest absolute Gasteiger partial charge is 0.119 e. The van der Waals surface area contributed by atoms with Crippen molar-refractivity contribution in [1.82, 2.24) is 9.80 Å². The molecule has 0 saturated carbocycles. The van der Waals surface area contributed by atoms with E-state index < -0.39 is 5.60 Å². The molecule has 6 nitrogen and oxygen atoms in total. The Kier molecular flexibility index (Phi) is 7.81. The van der Waals surface area contributed by atoms with Gasteiger partial charge < -0.3 is 19.3 Å². The summed E-state index contributed by atoms with van der Waals surface area (Å²) in [5.74, 6) is 1.71. The average Bonchev–Trinajstić information content (AvgIpc) is 2.81. The summed E-state index contributed by atoms with van der Waals surface area (Å²) in [4.78, 5) is 4.68.